The third kappa shape index (κ3) is 3.80. The van der Waals surface area contributed by atoms with E-state index in [4.69, 9.17) is 8.85 Å². The molecule has 1 fully saturated rings. The fourth-order valence-electron chi connectivity index (χ4n) is 5.49. The highest BCUT2D eigenvalue weighted by atomic mass is 19.3. The van der Waals surface area contributed by atoms with Crippen molar-refractivity contribution in [1.82, 2.24) is 19.4 Å². The molecule has 0 radical (unpaired) electrons. The van der Waals surface area contributed by atoms with Crippen molar-refractivity contribution in [3.63, 3.8) is 0 Å². The van der Waals surface area contributed by atoms with Gasteiger partial charge in [-0.15, -0.1) is 0 Å². The average molecular weight is 524 g/mol. The molecule has 2 amide bonds. The van der Waals surface area contributed by atoms with Crippen LogP contribution in [0.2, 0.25) is 0 Å². The van der Waals surface area contributed by atoms with Crippen LogP contribution in [0.3, 0.4) is 0 Å². The van der Waals surface area contributed by atoms with E-state index in [0.29, 0.717) is 35.5 Å². The van der Waals surface area contributed by atoms with Gasteiger partial charge in [0.05, 0.1) is 29.0 Å². The first-order valence-electron chi connectivity index (χ1n) is 13.7. The summed E-state index contributed by atoms with van der Waals surface area (Å²) in [5, 5.41) is 9.92. The predicted octanol–water partition coefficient (Wildman–Crippen LogP) is 3.34. The average Bonchev–Trinajstić information content (AvgIpc) is 3.34. The molecule has 3 aromatic rings. The third-order valence-electron chi connectivity index (χ3n) is 7.26. The standard InChI is InChI=1S/C28H26F2N4O4/c1-28(2,37)26(36)33-13-16(14-33)8-7-15-9-10-18-19(11-15)34-20-12-21(24(34)31-18)32(3)25(35)17-5-4-6-22(23(17)20)38-27(29)30/h4-6,9-11,16,20-21,27,37H,12-14H2,1-3H3/t20-,21-/m1/s1/i3D3. The van der Waals surface area contributed by atoms with Gasteiger partial charge in [-0.3, -0.25) is 9.59 Å². The van der Waals surface area contributed by atoms with Crippen molar-refractivity contribution in [2.75, 3.05) is 20.1 Å². The number of aliphatic hydroxyl groups is 1. The topological polar surface area (TPSA) is 87.9 Å². The molecule has 196 valence electrons. The highest BCUT2D eigenvalue weighted by Gasteiger charge is 2.45. The molecule has 2 aromatic carbocycles. The van der Waals surface area contributed by atoms with Crippen LogP contribution < -0.4 is 4.74 Å². The Hall–Kier alpha value is -3.97. The van der Waals surface area contributed by atoms with Gasteiger partial charge in [0, 0.05) is 47.3 Å². The van der Waals surface area contributed by atoms with Gasteiger partial charge in [0.25, 0.3) is 11.8 Å². The zero-order chi connectivity index (χ0) is 29.4. The number of hydrogen-bond acceptors (Lipinski definition) is 5. The molecule has 10 heteroatoms. The van der Waals surface area contributed by atoms with E-state index in [1.165, 1.54) is 32.0 Å². The number of nitrogens with zero attached hydrogens (tertiary/aromatic N) is 4. The minimum atomic E-state index is -3.14. The van der Waals surface area contributed by atoms with E-state index in [0.717, 1.165) is 4.90 Å². The molecule has 0 saturated carbocycles. The van der Waals surface area contributed by atoms with E-state index in [-0.39, 0.29) is 35.1 Å². The SMILES string of the molecule is [2H]C([2H])([2H])N1C(=O)c2cccc(OC(F)F)c2[C@H]2C[C@@H]1c1nc3ccc(C#CC4CN(C(=O)C(C)(C)O)C4)cc3n12. The van der Waals surface area contributed by atoms with Crippen molar-refractivity contribution in [1.29, 1.82) is 0 Å². The Balaban J connectivity index is 1.41. The molecular formula is C28H26F2N4O4. The Kier molecular flexibility index (Phi) is 4.72. The van der Waals surface area contributed by atoms with Gasteiger partial charge in [0.2, 0.25) is 0 Å². The first-order valence-corrected chi connectivity index (χ1v) is 12.2. The van der Waals surface area contributed by atoms with Crippen LogP contribution in [0.1, 0.15) is 63.8 Å². The van der Waals surface area contributed by atoms with Gasteiger partial charge >= 0.3 is 6.61 Å². The molecule has 3 aliphatic heterocycles. The second-order valence-corrected chi connectivity index (χ2v) is 10.3. The van der Waals surface area contributed by atoms with Crippen LogP contribution >= 0.6 is 0 Å². The number of amides is 2. The van der Waals surface area contributed by atoms with E-state index in [2.05, 4.69) is 16.8 Å². The van der Waals surface area contributed by atoms with Crippen LogP contribution in [0, 0.1) is 17.8 Å². The number of hydrogen-bond donors (Lipinski definition) is 1. The molecule has 4 heterocycles. The number of aromatic nitrogens is 2. The van der Waals surface area contributed by atoms with Gasteiger partial charge in [0.1, 0.15) is 17.2 Å². The van der Waals surface area contributed by atoms with Gasteiger partial charge in [-0.1, -0.05) is 17.9 Å². The van der Waals surface area contributed by atoms with Crippen LogP contribution in [0.25, 0.3) is 11.0 Å². The van der Waals surface area contributed by atoms with Crippen molar-refractivity contribution < 1.29 is 32.3 Å². The first-order chi connectivity index (χ1) is 19.2. The summed E-state index contributed by atoms with van der Waals surface area (Å²) >= 11 is 0. The van der Waals surface area contributed by atoms with Gasteiger partial charge < -0.3 is 24.2 Å². The Labute approximate surface area is 222 Å². The monoisotopic (exact) mass is 523 g/mol. The van der Waals surface area contributed by atoms with Crippen molar-refractivity contribution in [2.24, 2.45) is 5.92 Å². The Morgan fingerprint density at radius 2 is 2.05 bits per heavy atom. The molecule has 0 aliphatic carbocycles. The maximum absolute atomic E-state index is 13.5. The lowest BCUT2D eigenvalue weighted by Crippen LogP contribution is -2.55. The Bertz CT molecular complexity index is 1650. The zero-order valence-electron chi connectivity index (χ0n) is 23.6. The number of likely N-dealkylation sites (tertiary alicyclic amines) is 1. The van der Waals surface area contributed by atoms with Crippen LogP contribution in [0.5, 0.6) is 5.75 Å². The fourth-order valence-corrected chi connectivity index (χ4v) is 5.49. The molecule has 1 aromatic heterocycles. The summed E-state index contributed by atoms with van der Waals surface area (Å²) in [6.07, 6.45) is 0.127. The van der Waals surface area contributed by atoms with Gasteiger partial charge in [-0.2, -0.15) is 8.78 Å². The van der Waals surface area contributed by atoms with Gasteiger partial charge in [0.15, 0.2) is 0 Å². The van der Waals surface area contributed by atoms with E-state index in [9.17, 15) is 23.5 Å². The van der Waals surface area contributed by atoms with Crippen molar-refractivity contribution in [3.05, 3.63) is 58.9 Å². The van der Waals surface area contributed by atoms with Crippen LogP contribution in [-0.4, -0.2) is 68.5 Å². The molecule has 1 N–H and O–H groups in total. The van der Waals surface area contributed by atoms with Gasteiger partial charge in [-0.25, -0.2) is 4.98 Å². The highest BCUT2D eigenvalue weighted by Crippen LogP contribution is 2.50. The van der Waals surface area contributed by atoms with Crippen molar-refractivity contribution in [2.45, 2.75) is 44.6 Å². The lowest BCUT2D eigenvalue weighted by Gasteiger charge is -2.39. The highest BCUT2D eigenvalue weighted by molar-refractivity contribution is 5.98. The Morgan fingerprint density at radius 3 is 2.76 bits per heavy atom. The summed E-state index contributed by atoms with van der Waals surface area (Å²) in [4.78, 5) is 32.7. The lowest BCUT2D eigenvalue weighted by molar-refractivity contribution is -0.153. The second-order valence-electron chi connectivity index (χ2n) is 10.3. The molecule has 8 nitrogen and oxygen atoms in total. The Morgan fingerprint density at radius 1 is 1.26 bits per heavy atom. The summed E-state index contributed by atoms with van der Waals surface area (Å²) in [6.45, 7) is -2.24. The van der Waals surface area contributed by atoms with Crippen molar-refractivity contribution in [3.8, 4) is 17.6 Å². The summed E-state index contributed by atoms with van der Waals surface area (Å²) in [5.41, 5.74) is 0.540. The van der Waals surface area contributed by atoms with Crippen LogP contribution in [0.15, 0.2) is 36.4 Å². The van der Waals surface area contributed by atoms with Crippen LogP contribution in [0.4, 0.5) is 8.78 Å². The third-order valence-corrected chi connectivity index (χ3v) is 7.26. The molecule has 0 unspecified atom stereocenters. The number of carbonyl (C=O) groups excluding carboxylic acids is 2. The number of imidazole rings is 1. The number of alkyl halides is 2. The zero-order valence-corrected chi connectivity index (χ0v) is 20.6. The smallest absolute Gasteiger partial charge is 0.387 e. The van der Waals surface area contributed by atoms with E-state index in [1.54, 1.807) is 27.7 Å². The summed E-state index contributed by atoms with van der Waals surface area (Å²) in [7, 11) is 0. The minimum Gasteiger partial charge on any atom is -0.434 e. The molecule has 1 saturated heterocycles. The van der Waals surface area contributed by atoms with E-state index >= 15 is 0 Å². The maximum Gasteiger partial charge on any atom is 0.387 e. The number of ether oxygens (including phenoxy) is 1. The van der Waals surface area contributed by atoms with Crippen LogP contribution in [-0.2, 0) is 4.79 Å². The summed E-state index contributed by atoms with van der Waals surface area (Å²) < 4.78 is 57.7. The summed E-state index contributed by atoms with van der Waals surface area (Å²) in [6, 6.07) is 7.87. The molecule has 38 heavy (non-hydrogen) atoms. The predicted molar refractivity (Wildman–Crippen MR) is 134 cm³/mol. The molecule has 6 rings (SSSR count). The minimum absolute atomic E-state index is 0.00892. The van der Waals surface area contributed by atoms with E-state index < -0.39 is 37.2 Å². The molecule has 3 aliphatic rings. The number of benzene rings is 2. The number of fused-ring (bicyclic) bond motifs is 9. The first kappa shape index (κ1) is 21.0. The normalized spacial score (nSPS) is 22.1. The number of halogens is 2. The lowest BCUT2D eigenvalue weighted by atomic mass is 9.96. The largest absolute Gasteiger partial charge is 0.434 e. The molecule has 0 spiro atoms. The maximum atomic E-state index is 13.5. The molecular weight excluding hydrogens is 494 g/mol. The molecule has 2 atom stereocenters. The summed E-state index contributed by atoms with van der Waals surface area (Å²) in [5.74, 6) is 5.21. The molecule has 2 bridgehead atoms. The van der Waals surface area contributed by atoms with Gasteiger partial charge in [-0.05, 0) is 44.2 Å². The van der Waals surface area contributed by atoms with Crippen molar-refractivity contribution >= 4 is 22.8 Å². The second kappa shape index (κ2) is 8.53. The quantitative estimate of drug-likeness (QED) is 0.532. The number of rotatable bonds is 3. The van der Waals surface area contributed by atoms with E-state index in [1.807, 2.05) is 0 Å². The fraction of sp³-hybridized carbons (Fsp3) is 0.393. The number of carbonyl (C=O) groups is 2.